The Kier molecular flexibility index (Phi) is 60.8. The van der Waals surface area contributed by atoms with Gasteiger partial charge in [0, 0.05) is 12.8 Å². The Morgan fingerprint density at radius 1 is 0.342 bits per heavy atom. The van der Waals surface area contributed by atoms with Crippen LogP contribution in [0.4, 0.5) is 0 Å². The molecule has 0 radical (unpaired) electrons. The van der Waals surface area contributed by atoms with Crippen LogP contribution in [-0.2, 0) is 32.7 Å². The molecule has 0 bridgehead atoms. The van der Waals surface area contributed by atoms with Gasteiger partial charge in [0.1, 0.15) is 19.8 Å². The molecule has 472 valence electrons. The van der Waals surface area contributed by atoms with E-state index in [0.717, 1.165) is 32.1 Å². The van der Waals surface area contributed by atoms with E-state index in [1.165, 1.54) is 315 Å². The SMILES string of the molecule is CCCCCCCCCCCCCCCCCCCCCCCCCCCCCCCCCCCCCCCC(=O)OC(COC(=O)CCCCCCCCCCCCCCCCCCCC)COP(=O)([O-])OCC[N+](C)(C)C. The van der Waals surface area contributed by atoms with E-state index in [9.17, 15) is 19.0 Å². The van der Waals surface area contributed by atoms with E-state index in [1.807, 2.05) is 21.1 Å². The molecule has 0 saturated carbocycles. The number of hydrogen-bond acceptors (Lipinski definition) is 8. The molecule has 0 aliphatic heterocycles. The standard InChI is InChI=1S/C69H138NO8P/c1-6-8-10-12-14-16-18-20-22-24-26-27-28-29-30-31-32-33-34-35-36-37-38-39-40-41-42-43-44-46-48-50-52-54-56-58-60-62-69(72)78-67(66-77-79(73,74)76-64-63-70(3,4)5)65-75-68(71)61-59-57-55-53-51-49-47-45-25-23-21-19-17-15-13-11-9-7-2/h67H,6-66H2,1-5H3. The second-order valence-corrected chi connectivity index (χ2v) is 27.0. The van der Waals surface area contributed by atoms with Crippen LogP contribution in [0, 0.1) is 0 Å². The van der Waals surface area contributed by atoms with Gasteiger partial charge in [-0.1, -0.05) is 354 Å². The monoisotopic (exact) mass is 1140 g/mol. The van der Waals surface area contributed by atoms with Crippen molar-refractivity contribution in [2.24, 2.45) is 0 Å². The van der Waals surface area contributed by atoms with Crippen LogP contribution in [0.1, 0.15) is 380 Å². The largest absolute Gasteiger partial charge is 0.756 e. The first-order valence-electron chi connectivity index (χ1n) is 35.2. The van der Waals surface area contributed by atoms with Crippen LogP contribution >= 0.6 is 7.82 Å². The number of quaternary nitrogens is 1. The minimum Gasteiger partial charge on any atom is -0.756 e. The van der Waals surface area contributed by atoms with Crippen LogP contribution < -0.4 is 4.89 Å². The van der Waals surface area contributed by atoms with E-state index in [4.69, 9.17) is 18.5 Å². The van der Waals surface area contributed by atoms with Gasteiger partial charge < -0.3 is 27.9 Å². The molecule has 0 rings (SSSR count). The summed E-state index contributed by atoms with van der Waals surface area (Å²) in [6.45, 7) is 4.33. The summed E-state index contributed by atoms with van der Waals surface area (Å²) in [7, 11) is 1.19. The topological polar surface area (TPSA) is 111 Å². The molecule has 0 aromatic rings. The predicted molar refractivity (Wildman–Crippen MR) is 338 cm³/mol. The summed E-state index contributed by atoms with van der Waals surface area (Å²) in [5.41, 5.74) is 0. The molecule has 0 aromatic heterocycles. The third-order valence-electron chi connectivity index (χ3n) is 16.4. The molecule has 0 N–H and O–H groups in total. The summed E-state index contributed by atoms with van der Waals surface area (Å²) >= 11 is 0. The zero-order valence-corrected chi connectivity index (χ0v) is 54.8. The molecule has 0 fully saturated rings. The van der Waals surface area contributed by atoms with Gasteiger partial charge in [-0.25, -0.2) is 0 Å². The zero-order chi connectivity index (χ0) is 57.7. The van der Waals surface area contributed by atoms with Crippen molar-refractivity contribution in [3.63, 3.8) is 0 Å². The maximum Gasteiger partial charge on any atom is 0.306 e. The van der Waals surface area contributed by atoms with Crippen LogP contribution in [0.25, 0.3) is 0 Å². The molecule has 0 aromatic carbocycles. The van der Waals surface area contributed by atoms with Gasteiger partial charge in [-0.15, -0.1) is 0 Å². The van der Waals surface area contributed by atoms with Crippen LogP contribution in [0.2, 0.25) is 0 Å². The van der Waals surface area contributed by atoms with Gasteiger partial charge >= 0.3 is 11.9 Å². The second-order valence-electron chi connectivity index (χ2n) is 25.6. The van der Waals surface area contributed by atoms with Crippen LogP contribution in [-0.4, -0.2) is 70.0 Å². The van der Waals surface area contributed by atoms with Gasteiger partial charge in [0.15, 0.2) is 6.10 Å². The molecule has 2 atom stereocenters. The van der Waals surface area contributed by atoms with E-state index in [0.29, 0.717) is 17.4 Å². The van der Waals surface area contributed by atoms with Crippen molar-refractivity contribution in [3.8, 4) is 0 Å². The summed E-state index contributed by atoms with van der Waals surface area (Å²) < 4.78 is 34.3. The average Bonchev–Trinajstić information content (AvgIpc) is 3.41. The molecule has 0 spiro atoms. The van der Waals surface area contributed by atoms with Gasteiger partial charge in [-0.3, -0.25) is 14.2 Å². The number of phosphoric ester groups is 1. The molecule has 2 unspecified atom stereocenters. The van der Waals surface area contributed by atoms with Crippen molar-refractivity contribution < 1.29 is 42.1 Å². The number of phosphoric acid groups is 1. The maximum atomic E-state index is 12.8. The first-order chi connectivity index (χ1) is 38.5. The number of esters is 2. The second kappa shape index (κ2) is 61.6. The number of carbonyl (C=O) groups is 2. The molecular weight excluding hydrogens is 1000 g/mol. The lowest BCUT2D eigenvalue weighted by molar-refractivity contribution is -0.870. The van der Waals surface area contributed by atoms with E-state index in [2.05, 4.69) is 13.8 Å². The van der Waals surface area contributed by atoms with Gasteiger partial charge in [0.25, 0.3) is 7.82 Å². The van der Waals surface area contributed by atoms with Gasteiger partial charge in [0.2, 0.25) is 0 Å². The van der Waals surface area contributed by atoms with Crippen LogP contribution in [0.15, 0.2) is 0 Å². The number of ether oxygens (including phenoxy) is 2. The summed E-state index contributed by atoms with van der Waals surface area (Å²) in [6.07, 6.45) is 73.5. The lowest BCUT2D eigenvalue weighted by Gasteiger charge is -2.28. The molecule has 0 heterocycles. The molecule has 9 nitrogen and oxygen atoms in total. The van der Waals surface area contributed by atoms with E-state index in [-0.39, 0.29) is 32.0 Å². The Hall–Kier alpha value is -0.990. The maximum absolute atomic E-state index is 12.8. The number of unbranched alkanes of at least 4 members (excludes halogenated alkanes) is 53. The minimum absolute atomic E-state index is 0.0249. The molecular formula is C69H138NO8P. The normalized spacial score (nSPS) is 13.0. The minimum atomic E-state index is -4.63. The van der Waals surface area contributed by atoms with Gasteiger partial charge in [-0.2, -0.15) is 0 Å². The Labute approximate surface area is 493 Å². The predicted octanol–water partition coefficient (Wildman–Crippen LogP) is 21.9. The lowest BCUT2D eigenvalue weighted by atomic mass is 10.0. The van der Waals surface area contributed by atoms with Crippen molar-refractivity contribution in [1.29, 1.82) is 0 Å². The molecule has 10 heteroatoms. The number of nitrogens with zero attached hydrogens (tertiary/aromatic N) is 1. The number of likely N-dealkylation sites (N-methyl/N-ethyl adjacent to an activating group) is 1. The number of rotatable bonds is 67. The number of carbonyl (C=O) groups excluding carboxylic acids is 2. The first kappa shape index (κ1) is 78.0. The highest BCUT2D eigenvalue weighted by molar-refractivity contribution is 7.45. The van der Waals surface area contributed by atoms with E-state index >= 15 is 0 Å². The molecule has 0 amide bonds. The fourth-order valence-electron chi connectivity index (χ4n) is 11.0. The third-order valence-corrected chi connectivity index (χ3v) is 17.3. The van der Waals surface area contributed by atoms with Crippen molar-refractivity contribution in [1.82, 2.24) is 0 Å². The van der Waals surface area contributed by atoms with Crippen molar-refractivity contribution >= 4 is 19.8 Å². The average molecular weight is 1140 g/mol. The van der Waals surface area contributed by atoms with E-state index in [1.54, 1.807) is 0 Å². The summed E-state index contributed by atoms with van der Waals surface area (Å²) in [4.78, 5) is 38.0. The quantitative estimate of drug-likeness (QED) is 0.0256. The highest BCUT2D eigenvalue weighted by Crippen LogP contribution is 2.38. The molecule has 0 aliphatic carbocycles. The van der Waals surface area contributed by atoms with Crippen LogP contribution in [0.5, 0.6) is 0 Å². The Morgan fingerprint density at radius 2 is 0.570 bits per heavy atom. The van der Waals surface area contributed by atoms with Crippen molar-refractivity contribution in [2.75, 3.05) is 47.5 Å². The summed E-state index contributed by atoms with van der Waals surface area (Å²) in [6, 6.07) is 0. The van der Waals surface area contributed by atoms with Gasteiger partial charge in [0.05, 0.1) is 27.7 Å². The third kappa shape index (κ3) is 66.0. The molecule has 79 heavy (non-hydrogen) atoms. The van der Waals surface area contributed by atoms with Crippen LogP contribution in [0.3, 0.4) is 0 Å². The summed E-state index contributed by atoms with van der Waals surface area (Å²) in [5, 5.41) is 0. The summed E-state index contributed by atoms with van der Waals surface area (Å²) in [5.74, 6) is -0.806. The highest BCUT2D eigenvalue weighted by Gasteiger charge is 2.22. The Balaban J connectivity index is 3.88. The Morgan fingerprint density at radius 3 is 0.810 bits per heavy atom. The smallest absolute Gasteiger partial charge is 0.306 e. The Bertz CT molecular complexity index is 1290. The fourth-order valence-corrected chi connectivity index (χ4v) is 11.7. The first-order valence-corrected chi connectivity index (χ1v) is 36.7. The van der Waals surface area contributed by atoms with Crippen molar-refractivity contribution in [3.05, 3.63) is 0 Å². The number of hydrogen-bond donors (Lipinski definition) is 0. The molecule has 0 aliphatic rings. The van der Waals surface area contributed by atoms with E-state index < -0.39 is 26.5 Å². The van der Waals surface area contributed by atoms with Crippen molar-refractivity contribution in [2.45, 2.75) is 386 Å². The highest BCUT2D eigenvalue weighted by atomic mass is 31.2. The molecule has 0 saturated heterocycles. The fraction of sp³-hybridized carbons (Fsp3) is 0.971. The zero-order valence-electron chi connectivity index (χ0n) is 53.9. The van der Waals surface area contributed by atoms with Gasteiger partial charge in [-0.05, 0) is 12.8 Å². The lowest BCUT2D eigenvalue weighted by Crippen LogP contribution is -2.37.